The quantitative estimate of drug-likeness (QED) is 0.739. The number of carbonyl (C=O) groups is 2. The minimum absolute atomic E-state index is 0.0579. The Labute approximate surface area is 160 Å². The van der Waals surface area contributed by atoms with Gasteiger partial charge in [0.1, 0.15) is 17.6 Å². The highest BCUT2D eigenvalue weighted by molar-refractivity contribution is 9.10. The van der Waals surface area contributed by atoms with Crippen molar-refractivity contribution in [1.29, 1.82) is 0 Å². The molecule has 0 aliphatic carbocycles. The van der Waals surface area contributed by atoms with Crippen molar-refractivity contribution in [2.24, 2.45) is 5.92 Å². The molecule has 1 unspecified atom stereocenters. The second-order valence-corrected chi connectivity index (χ2v) is 6.95. The first-order valence-electron chi connectivity index (χ1n) is 8.02. The van der Waals surface area contributed by atoms with Gasteiger partial charge in [-0.25, -0.2) is 4.39 Å². The van der Waals surface area contributed by atoms with Gasteiger partial charge in [-0.1, -0.05) is 29.8 Å². The average molecular weight is 423 g/mol. The van der Waals surface area contributed by atoms with Crippen LogP contribution in [0.2, 0.25) is 0 Å². The summed E-state index contributed by atoms with van der Waals surface area (Å²) in [6.07, 6.45) is 0. The van der Waals surface area contributed by atoms with Crippen molar-refractivity contribution in [2.75, 3.05) is 12.4 Å². The second-order valence-electron chi connectivity index (χ2n) is 6.04. The predicted octanol–water partition coefficient (Wildman–Crippen LogP) is 3.99. The molecular weight excluding hydrogens is 403 g/mol. The molecule has 0 radical (unpaired) electrons. The van der Waals surface area contributed by atoms with Crippen LogP contribution in [-0.2, 0) is 4.79 Å². The van der Waals surface area contributed by atoms with E-state index in [0.717, 1.165) is 0 Å². The number of benzene rings is 2. The third-order valence-corrected chi connectivity index (χ3v) is 4.27. The first-order valence-corrected chi connectivity index (χ1v) is 8.82. The maximum atomic E-state index is 13.9. The molecule has 0 aliphatic rings. The number of amides is 2. The lowest BCUT2D eigenvalue weighted by Crippen LogP contribution is -2.47. The Kier molecular flexibility index (Phi) is 6.74. The van der Waals surface area contributed by atoms with Crippen molar-refractivity contribution >= 4 is 33.4 Å². The molecular formula is C19H20BrFN2O3. The van der Waals surface area contributed by atoms with E-state index in [1.54, 1.807) is 44.2 Å². The summed E-state index contributed by atoms with van der Waals surface area (Å²) in [7, 11) is 1.54. The lowest BCUT2D eigenvalue weighted by atomic mass is 10.0. The SMILES string of the molecule is COc1ccc(C(=O)NC(C(=O)Nc2ccc(Br)cc2F)C(C)C)cc1. The Hall–Kier alpha value is -2.41. The van der Waals surface area contributed by atoms with Crippen LogP contribution < -0.4 is 15.4 Å². The Morgan fingerprint density at radius 2 is 1.77 bits per heavy atom. The molecule has 26 heavy (non-hydrogen) atoms. The summed E-state index contributed by atoms with van der Waals surface area (Å²) in [5, 5.41) is 5.22. The highest BCUT2D eigenvalue weighted by Gasteiger charge is 2.25. The molecule has 2 amide bonds. The van der Waals surface area contributed by atoms with Crippen LogP contribution in [-0.4, -0.2) is 25.0 Å². The van der Waals surface area contributed by atoms with Crippen LogP contribution in [0, 0.1) is 11.7 Å². The van der Waals surface area contributed by atoms with E-state index in [9.17, 15) is 14.0 Å². The van der Waals surface area contributed by atoms with Gasteiger partial charge in [0, 0.05) is 10.0 Å². The van der Waals surface area contributed by atoms with Crippen LogP contribution in [0.3, 0.4) is 0 Å². The summed E-state index contributed by atoms with van der Waals surface area (Å²) in [6, 6.07) is 10.1. The lowest BCUT2D eigenvalue weighted by molar-refractivity contribution is -0.118. The maximum Gasteiger partial charge on any atom is 0.251 e. The van der Waals surface area contributed by atoms with Gasteiger partial charge in [-0.15, -0.1) is 0 Å². The molecule has 5 nitrogen and oxygen atoms in total. The molecule has 0 fully saturated rings. The van der Waals surface area contributed by atoms with Gasteiger partial charge in [-0.05, 0) is 48.4 Å². The highest BCUT2D eigenvalue weighted by atomic mass is 79.9. The molecule has 2 N–H and O–H groups in total. The standard InChI is InChI=1S/C19H20BrFN2O3/c1-11(2)17(19(25)22-16-9-6-13(20)10-15(16)21)23-18(24)12-4-7-14(26-3)8-5-12/h4-11,17H,1-3H3,(H,22,25)(H,23,24). The molecule has 7 heteroatoms. The van der Waals surface area contributed by atoms with Crippen molar-refractivity contribution in [3.8, 4) is 5.75 Å². The molecule has 2 aromatic carbocycles. The largest absolute Gasteiger partial charge is 0.497 e. The zero-order valence-electron chi connectivity index (χ0n) is 14.7. The van der Waals surface area contributed by atoms with Crippen LogP contribution in [0.5, 0.6) is 5.75 Å². The van der Waals surface area contributed by atoms with Crippen molar-refractivity contribution in [1.82, 2.24) is 5.32 Å². The van der Waals surface area contributed by atoms with Gasteiger partial charge in [-0.3, -0.25) is 9.59 Å². The number of ether oxygens (including phenoxy) is 1. The summed E-state index contributed by atoms with van der Waals surface area (Å²) in [4.78, 5) is 24.9. The number of hydrogen-bond acceptors (Lipinski definition) is 3. The van der Waals surface area contributed by atoms with Crippen molar-refractivity contribution in [3.63, 3.8) is 0 Å². The smallest absolute Gasteiger partial charge is 0.251 e. The number of methoxy groups -OCH3 is 1. The molecule has 1 atom stereocenters. The van der Waals surface area contributed by atoms with Crippen LogP contribution in [0.15, 0.2) is 46.9 Å². The summed E-state index contributed by atoms with van der Waals surface area (Å²) in [6.45, 7) is 3.60. The van der Waals surface area contributed by atoms with Crippen LogP contribution in [0.25, 0.3) is 0 Å². The van der Waals surface area contributed by atoms with E-state index in [4.69, 9.17) is 4.74 Å². The van der Waals surface area contributed by atoms with E-state index in [1.807, 2.05) is 0 Å². The highest BCUT2D eigenvalue weighted by Crippen LogP contribution is 2.20. The first kappa shape index (κ1) is 19.9. The van der Waals surface area contributed by atoms with Crippen LogP contribution in [0.4, 0.5) is 10.1 Å². The summed E-state index contributed by atoms with van der Waals surface area (Å²) >= 11 is 3.16. The van der Waals surface area contributed by atoms with Gasteiger partial charge in [0.05, 0.1) is 12.8 Å². The first-order chi connectivity index (χ1) is 12.3. The van der Waals surface area contributed by atoms with Crippen LogP contribution in [0.1, 0.15) is 24.2 Å². The van der Waals surface area contributed by atoms with Gasteiger partial charge >= 0.3 is 0 Å². The van der Waals surface area contributed by atoms with E-state index >= 15 is 0 Å². The van der Waals surface area contributed by atoms with Crippen molar-refractivity contribution < 1.29 is 18.7 Å². The predicted molar refractivity (Wildman–Crippen MR) is 102 cm³/mol. The third-order valence-electron chi connectivity index (χ3n) is 3.78. The second kappa shape index (κ2) is 8.80. The number of hydrogen-bond donors (Lipinski definition) is 2. The monoisotopic (exact) mass is 422 g/mol. The Balaban J connectivity index is 2.11. The molecule has 0 saturated heterocycles. The van der Waals surface area contributed by atoms with Gasteiger partial charge in [0.15, 0.2) is 0 Å². The average Bonchev–Trinajstić information content (AvgIpc) is 2.61. The van der Waals surface area contributed by atoms with E-state index in [-0.39, 0.29) is 11.6 Å². The fraction of sp³-hybridized carbons (Fsp3) is 0.263. The van der Waals surface area contributed by atoms with E-state index in [0.29, 0.717) is 15.8 Å². The van der Waals surface area contributed by atoms with Gasteiger partial charge in [0.2, 0.25) is 5.91 Å². The number of halogens is 2. The van der Waals surface area contributed by atoms with E-state index in [2.05, 4.69) is 26.6 Å². The summed E-state index contributed by atoms with van der Waals surface area (Å²) in [5.41, 5.74) is 0.460. The molecule has 0 bridgehead atoms. The molecule has 2 aromatic rings. The van der Waals surface area contributed by atoms with Crippen molar-refractivity contribution in [2.45, 2.75) is 19.9 Å². The summed E-state index contributed by atoms with van der Waals surface area (Å²) in [5.74, 6) is -0.987. The van der Waals surface area contributed by atoms with Crippen LogP contribution >= 0.6 is 15.9 Å². The minimum atomic E-state index is -0.812. The van der Waals surface area contributed by atoms with Gasteiger partial charge in [-0.2, -0.15) is 0 Å². The van der Waals surface area contributed by atoms with E-state index in [1.165, 1.54) is 19.2 Å². The molecule has 0 aromatic heterocycles. The number of carbonyl (C=O) groups excluding carboxylic acids is 2. The summed E-state index contributed by atoms with van der Waals surface area (Å²) < 4.78 is 19.6. The zero-order chi connectivity index (χ0) is 19.3. The third kappa shape index (κ3) is 5.05. The fourth-order valence-corrected chi connectivity index (χ4v) is 2.64. The number of nitrogens with one attached hydrogen (secondary N) is 2. The molecule has 0 aliphatic heterocycles. The maximum absolute atomic E-state index is 13.9. The molecule has 0 heterocycles. The van der Waals surface area contributed by atoms with Gasteiger partial charge in [0.25, 0.3) is 5.91 Å². The topological polar surface area (TPSA) is 67.4 Å². The Bertz CT molecular complexity index is 794. The fourth-order valence-electron chi connectivity index (χ4n) is 2.30. The lowest BCUT2D eigenvalue weighted by Gasteiger charge is -2.22. The normalized spacial score (nSPS) is 11.8. The molecule has 2 rings (SSSR count). The zero-order valence-corrected chi connectivity index (χ0v) is 16.3. The van der Waals surface area contributed by atoms with Gasteiger partial charge < -0.3 is 15.4 Å². The molecule has 0 saturated carbocycles. The number of rotatable bonds is 6. The molecule has 138 valence electrons. The molecule has 0 spiro atoms. The minimum Gasteiger partial charge on any atom is -0.497 e. The Morgan fingerprint density at radius 3 is 2.31 bits per heavy atom. The Morgan fingerprint density at radius 1 is 1.12 bits per heavy atom. The van der Waals surface area contributed by atoms with E-state index < -0.39 is 23.7 Å². The van der Waals surface area contributed by atoms with Crippen molar-refractivity contribution in [3.05, 3.63) is 58.3 Å². The number of anilines is 1.